The van der Waals surface area contributed by atoms with Crippen LogP contribution in [0.25, 0.3) is 11.3 Å². The maximum Gasteiger partial charge on any atom is 0.151 e. The highest BCUT2D eigenvalue weighted by Gasteiger charge is 2.18. The second-order valence-electron chi connectivity index (χ2n) is 4.53. The molecule has 21 heavy (non-hydrogen) atoms. The molecule has 0 aliphatic heterocycles. The Labute approximate surface area is 121 Å². The molecule has 1 aromatic carbocycles. The highest BCUT2D eigenvalue weighted by Crippen LogP contribution is 2.29. The summed E-state index contributed by atoms with van der Waals surface area (Å²) in [5.74, 6) is -1.62. The van der Waals surface area contributed by atoms with Crippen molar-refractivity contribution in [3.8, 4) is 11.3 Å². The van der Waals surface area contributed by atoms with E-state index in [-0.39, 0.29) is 35.0 Å². The number of sulfone groups is 1. The fraction of sp³-hybridized carbons (Fsp3) is 0.308. The zero-order chi connectivity index (χ0) is 15.6. The lowest BCUT2D eigenvalue weighted by Gasteiger charge is -2.03. The smallest absolute Gasteiger partial charge is 0.151 e. The fourth-order valence-electron chi connectivity index (χ4n) is 1.85. The molecule has 0 radical (unpaired) electrons. The molecule has 0 fully saturated rings. The highest BCUT2D eigenvalue weighted by molar-refractivity contribution is 7.91. The largest absolute Gasteiger partial charge is 0.396 e. The van der Waals surface area contributed by atoms with E-state index in [1.165, 1.54) is 16.9 Å². The first-order valence-electron chi connectivity index (χ1n) is 6.32. The van der Waals surface area contributed by atoms with Crippen LogP contribution in [-0.2, 0) is 16.4 Å². The fourth-order valence-corrected chi connectivity index (χ4v) is 2.60. The molecule has 2 rings (SSSR count). The summed E-state index contributed by atoms with van der Waals surface area (Å²) in [6.07, 6.45) is 1.37. The van der Waals surface area contributed by atoms with Crippen molar-refractivity contribution in [2.24, 2.45) is 0 Å². The van der Waals surface area contributed by atoms with Gasteiger partial charge in [-0.2, -0.15) is 5.10 Å². The summed E-state index contributed by atoms with van der Waals surface area (Å²) in [7, 11) is -3.15. The van der Waals surface area contributed by atoms with Gasteiger partial charge < -0.3 is 5.73 Å². The van der Waals surface area contributed by atoms with Gasteiger partial charge in [0.15, 0.2) is 9.84 Å². The quantitative estimate of drug-likeness (QED) is 0.913. The van der Waals surface area contributed by atoms with E-state index in [0.29, 0.717) is 0 Å². The molecule has 5 nitrogen and oxygen atoms in total. The van der Waals surface area contributed by atoms with E-state index in [1.807, 2.05) is 0 Å². The van der Waals surface area contributed by atoms with Crippen LogP contribution >= 0.6 is 0 Å². The highest BCUT2D eigenvalue weighted by atomic mass is 32.2. The average Bonchev–Trinajstić information content (AvgIpc) is 2.78. The van der Waals surface area contributed by atoms with Gasteiger partial charge in [0.1, 0.15) is 17.3 Å². The summed E-state index contributed by atoms with van der Waals surface area (Å²) in [5.41, 5.74) is 5.47. The van der Waals surface area contributed by atoms with Crippen LogP contribution in [0.15, 0.2) is 24.4 Å². The van der Waals surface area contributed by atoms with E-state index < -0.39 is 21.5 Å². The van der Waals surface area contributed by atoms with E-state index in [2.05, 4.69) is 5.10 Å². The Kier molecular flexibility index (Phi) is 4.26. The van der Waals surface area contributed by atoms with Crippen LogP contribution in [0.2, 0.25) is 0 Å². The van der Waals surface area contributed by atoms with Crippen molar-refractivity contribution in [1.29, 1.82) is 0 Å². The predicted molar refractivity (Wildman–Crippen MR) is 76.3 cm³/mol. The van der Waals surface area contributed by atoms with Crippen molar-refractivity contribution in [3.63, 3.8) is 0 Å². The van der Waals surface area contributed by atoms with Gasteiger partial charge in [-0.25, -0.2) is 17.2 Å². The lowest BCUT2D eigenvalue weighted by molar-refractivity contribution is 0.577. The maximum absolute atomic E-state index is 13.7. The number of aryl methyl sites for hydroxylation is 1. The van der Waals surface area contributed by atoms with Gasteiger partial charge in [-0.3, -0.25) is 4.68 Å². The van der Waals surface area contributed by atoms with Gasteiger partial charge in [-0.05, 0) is 12.1 Å². The number of nitrogens with zero attached hydrogens (tertiary/aromatic N) is 2. The second-order valence-corrected chi connectivity index (χ2v) is 7.00. The van der Waals surface area contributed by atoms with Crippen LogP contribution in [-0.4, -0.2) is 29.7 Å². The minimum Gasteiger partial charge on any atom is -0.396 e. The molecule has 0 saturated heterocycles. The van der Waals surface area contributed by atoms with Crippen LogP contribution in [0, 0.1) is 11.6 Å². The number of hydrogen-bond donors (Lipinski definition) is 1. The summed E-state index contributed by atoms with van der Waals surface area (Å²) in [6, 6.07) is 3.46. The molecule has 0 bridgehead atoms. The van der Waals surface area contributed by atoms with Crippen LogP contribution in [0.4, 0.5) is 14.5 Å². The molecule has 0 spiro atoms. The predicted octanol–water partition coefficient (Wildman–Crippen LogP) is 1.85. The van der Waals surface area contributed by atoms with E-state index in [9.17, 15) is 17.2 Å². The third-order valence-corrected chi connectivity index (χ3v) is 4.75. The van der Waals surface area contributed by atoms with Gasteiger partial charge in [0, 0.05) is 11.9 Å². The van der Waals surface area contributed by atoms with Crippen molar-refractivity contribution in [3.05, 3.63) is 36.0 Å². The Bertz CT molecular complexity index is 737. The number of aromatic nitrogens is 2. The lowest BCUT2D eigenvalue weighted by Crippen LogP contribution is -2.15. The molecule has 0 amide bonds. The molecule has 1 heterocycles. The molecule has 0 saturated carbocycles. The maximum atomic E-state index is 13.7. The Morgan fingerprint density at radius 1 is 1.29 bits per heavy atom. The van der Waals surface area contributed by atoms with E-state index >= 15 is 0 Å². The lowest BCUT2D eigenvalue weighted by atomic mass is 10.1. The van der Waals surface area contributed by atoms with Gasteiger partial charge in [-0.1, -0.05) is 13.0 Å². The first kappa shape index (κ1) is 15.4. The second kappa shape index (κ2) is 5.80. The van der Waals surface area contributed by atoms with Crippen molar-refractivity contribution < 1.29 is 17.2 Å². The molecule has 2 N–H and O–H groups in total. The minimum atomic E-state index is -3.15. The topological polar surface area (TPSA) is 78.0 Å². The van der Waals surface area contributed by atoms with Gasteiger partial charge in [0.05, 0.1) is 23.5 Å². The first-order valence-corrected chi connectivity index (χ1v) is 8.14. The molecule has 8 heteroatoms. The van der Waals surface area contributed by atoms with E-state index in [4.69, 9.17) is 5.73 Å². The Morgan fingerprint density at radius 2 is 1.90 bits per heavy atom. The number of rotatable bonds is 5. The monoisotopic (exact) mass is 315 g/mol. The number of nitrogen functional groups attached to an aromatic ring is 1. The molecular weight excluding hydrogens is 300 g/mol. The number of hydrogen-bond acceptors (Lipinski definition) is 4. The number of anilines is 1. The van der Waals surface area contributed by atoms with Crippen LogP contribution in [0.3, 0.4) is 0 Å². The van der Waals surface area contributed by atoms with Crippen LogP contribution in [0.5, 0.6) is 0 Å². The van der Waals surface area contributed by atoms with Crippen molar-refractivity contribution in [2.45, 2.75) is 13.5 Å². The molecule has 0 aliphatic rings. The summed E-state index contributed by atoms with van der Waals surface area (Å²) in [4.78, 5) is 0. The van der Waals surface area contributed by atoms with E-state index in [1.54, 1.807) is 6.92 Å². The van der Waals surface area contributed by atoms with Crippen molar-refractivity contribution >= 4 is 15.5 Å². The van der Waals surface area contributed by atoms with Crippen LogP contribution in [0.1, 0.15) is 6.92 Å². The van der Waals surface area contributed by atoms with Gasteiger partial charge in [-0.15, -0.1) is 0 Å². The van der Waals surface area contributed by atoms with Gasteiger partial charge >= 0.3 is 0 Å². The summed E-state index contributed by atoms with van der Waals surface area (Å²) < 4.78 is 51.6. The first-order chi connectivity index (χ1) is 9.84. The number of nitrogens with two attached hydrogens (primary N) is 1. The van der Waals surface area contributed by atoms with Crippen molar-refractivity contribution in [1.82, 2.24) is 9.78 Å². The molecule has 114 valence electrons. The van der Waals surface area contributed by atoms with Crippen molar-refractivity contribution in [2.75, 3.05) is 17.2 Å². The standard InChI is InChI=1S/C13H15F2N3O2S/c1-2-21(19,20)7-6-18-8-11(16)13(17-18)12-9(14)4-3-5-10(12)15/h3-5,8H,2,6-7,16H2,1H3. The molecule has 0 unspecified atom stereocenters. The number of halogens is 2. The Balaban J connectivity index is 2.32. The normalized spacial score (nSPS) is 11.8. The number of benzene rings is 1. The summed E-state index contributed by atoms with van der Waals surface area (Å²) in [6.45, 7) is 1.63. The third-order valence-electron chi connectivity index (χ3n) is 3.06. The summed E-state index contributed by atoms with van der Waals surface area (Å²) >= 11 is 0. The SMILES string of the molecule is CCS(=O)(=O)CCn1cc(N)c(-c2c(F)cccc2F)n1. The van der Waals surface area contributed by atoms with E-state index in [0.717, 1.165) is 12.1 Å². The molecule has 0 atom stereocenters. The molecule has 0 aliphatic carbocycles. The van der Waals surface area contributed by atoms with Gasteiger partial charge in [0.25, 0.3) is 0 Å². The molecular formula is C13H15F2N3O2S. The average molecular weight is 315 g/mol. The summed E-state index contributed by atoms with van der Waals surface area (Å²) in [5, 5.41) is 3.99. The third kappa shape index (κ3) is 3.38. The minimum absolute atomic E-state index is 0.0263. The molecule has 1 aromatic heterocycles. The van der Waals surface area contributed by atoms with Crippen LogP contribution < -0.4 is 5.73 Å². The molecule has 2 aromatic rings. The Morgan fingerprint density at radius 3 is 2.48 bits per heavy atom. The Hall–Kier alpha value is -1.96. The zero-order valence-corrected chi connectivity index (χ0v) is 12.2. The zero-order valence-electron chi connectivity index (χ0n) is 11.4. The van der Waals surface area contributed by atoms with Gasteiger partial charge in [0.2, 0.25) is 0 Å².